The number of rotatable bonds is 6. The van der Waals surface area contributed by atoms with Gasteiger partial charge in [0.15, 0.2) is 0 Å². The Labute approximate surface area is 132 Å². The van der Waals surface area contributed by atoms with Gasteiger partial charge in [0.1, 0.15) is 5.75 Å². The summed E-state index contributed by atoms with van der Waals surface area (Å²) < 4.78 is 4.91. The van der Waals surface area contributed by atoms with Crippen molar-refractivity contribution in [3.05, 3.63) is 23.8 Å². The number of methoxy groups -OCH3 is 1. The highest BCUT2D eigenvalue weighted by Crippen LogP contribution is 2.26. The van der Waals surface area contributed by atoms with Crippen LogP contribution in [0.3, 0.4) is 0 Å². The van der Waals surface area contributed by atoms with Gasteiger partial charge in [0.05, 0.1) is 23.8 Å². The largest absolute Gasteiger partial charge is 0.506 e. The molecule has 3 N–H and O–H groups in total. The quantitative estimate of drug-likeness (QED) is 0.658. The number of carbonyl (C=O) groups is 3. The highest BCUT2D eigenvalue weighted by Gasteiger charge is 2.34. The summed E-state index contributed by atoms with van der Waals surface area (Å²) in [6, 6.07) is 3.65. The fourth-order valence-electron chi connectivity index (χ4n) is 2.37. The van der Waals surface area contributed by atoms with Crippen molar-refractivity contribution in [2.75, 3.05) is 32.1 Å². The van der Waals surface area contributed by atoms with Gasteiger partial charge in [0.25, 0.3) is 0 Å². The molecule has 1 aliphatic rings. The average molecular weight is 322 g/mol. The van der Waals surface area contributed by atoms with Crippen LogP contribution in [0.4, 0.5) is 5.69 Å². The zero-order valence-corrected chi connectivity index (χ0v) is 12.6. The van der Waals surface area contributed by atoms with E-state index in [2.05, 4.69) is 5.32 Å². The van der Waals surface area contributed by atoms with Crippen LogP contribution < -0.4 is 5.32 Å². The van der Waals surface area contributed by atoms with Crippen LogP contribution in [0.15, 0.2) is 18.2 Å². The summed E-state index contributed by atoms with van der Waals surface area (Å²) in [5.74, 6) is -2.53. The summed E-state index contributed by atoms with van der Waals surface area (Å²) in [4.78, 5) is 36.4. The smallest absolute Gasteiger partial charge is 0.335 e. The lowest BCUT2D eigenvalue weighted by Gasteiger charge is -2.16. The number of phenolic OH excluding ortho intramolecular Hbond substituents is 1. The van der Waals surface area contributed by atoms with Gasteiger partial charge in [-0.2, -0.15) is 0 Å². The summed E-state index contributed by atoms with van der Waals surface area (Å²) in [6.45, 7) is 1.12. The molecule has 0 aromatic heterocycles. The van der Waals surface area contributed by atoms with Crippen LogP contribution in [0.1, 0.15) is 16.8 Å². The van der Waals surface area contributed by atoms with Gasteiger partial charge in [0.2, 0.25) is 11.8 Å². The first-order valence-corrected chi connectivity index (χ1v) is 7.06. The van der Waals surface area contributed by atoms with E-state index in [-0.39, 0.29) is 29.3 Å². The Hall–Kier alpha value is -2.61. The van der Waals surface area contributed by atoms with Crippen molar-refractivity contribution in [3.63, 3.8) is 0 Å². The number of anilines is 1. The number of aromatic carboxylic acids is 1. The molecule has 8 nitrogen and oxygen atoms in total. The van der Waals surface area contributed by atoms with E-state index < -0.39 is 17.8 Å². The average Bonchev–Trinajstić information content (AvgIpc) is 2.88. The van der Waals surface area contributed by atoms with Crippen LogP contribution in [0.25, 0.3) is 0 Å². The second kappa shape index (κ2) is 7.10. The molecule has 2 amide bonds. The van der Waals surface area contributed by atoms with Gasteiger partial charge < -0.3 is 25.2 Å². The van der Waals surface area contributed by atoms with E-state index in [4.69, 9.17) is 9.84 Å². The molecule has 1 heterocycles. The minimum Gasteiger partial charge on any atom is -0.506 e. The second-order valence-electron chi connectivity index (χ2n) is 5.26. The van der Waals surface area contributed by atoms with Gasteiger partial charge in [0, 0.05) is 26.6 Å². The topological polar surface area (TPSA) is 116 Å². The van der Waals surface area contributed by atoms with Crippen molar-refractivity contribution < 1.29 is 29.3 Å². The number of likely N-dealkylation sites (tertiary alicyclic amines) is 1. The molecule has 1 aromatic rings. The number of nitrogens with one attached hydrogen (secondary N) is 1. The molecule has 1 unspecified atom stereocenters. The fraction of sp³-hybridized carbons (Fsp3) is 0.400. The second-order valence-corrected chi connectivity index (χ2v) is 5.26. The number of hydrogen-bond acceptors (Lipinski definition) is 5. The Morgan fingerprint density at radius 3 is 2.78 bits per heavy atom. The number of phenols is 1. The maximum atomic E-state index is 12.2. The molecule has 2 rings (SSSR count). The van der Waals surface area contributed by atoms with Crippen molar-refractivity contribution in [2.24, 2.45) is 5.92 Å². The van der Waals surface area contributed by atoms with E-state index in [0.29, 0.717) is 19.7 Å². The number of nitrogens with zero attached hydrogens (tertiary/aromatic N) is 1. The molecule has 124 valence electrons. The zero-order chi connectivity index (χ0) is 17.0. The monoisotopic (exact) mass is 322 g/mol. The van der Waals surface area contributed by atoms with Crippen molar-refractivity contribution in [1.29, 1.82) is 0 Å². The molecular formula is C15H18N2O6. The van der Waals surface area contributed by atoms with Crippen LogP contribution in [0, 0.1) is 5.92 Å². The van der Waals surface area contributed by atoms with Crippen LogP contribution in [0.2, 0.25) is 0 Å². The molecule has 0 saturated carbocycles. The minimum atomic E-state index is -1.17. The first-order valence-electron chi connectivity index (χ1n) is 7.06. The molecule has 1 fully saturated rings. The Morgan fingerprint density at radius 1 is 1.43 bits per heavy atom. The molecule has 1 aromatic carbocycles. The molecule has 0 radical (unpaired) electrons. The van der Waals surface area contributed by atoms with E-state index in [0.717, 1.165) is 6.07 Å². The van der Waals surface area contributed by atoms with E-state index in [1.807, 2.05) is 0 Å². The molecule has 1 aliphatic heterocycles. The summed E-state index contributed by atoms with van der Waals surface area (Å²) in [5, 5.41) is 21.1. The summed E-state index contributed by atoms with van der Waals surface area (Å²) in [6.07, 6.45) is 0.101. The fourth-order valence-corrected chi connectivity index (χ4v) is 2.37. The summed E-state index contributed by atoms with van der Waals surface area (Å²) in [7, 11) is 1.54. The number of hydrogen-bond donors (Lipinski definition) is 3. The van der Waals surface area contributed by atoms with Crippen molar-refractivity contribution in [1.82, 2.24) is 4.90 Å². The van der Waals surface area contributed by atoms with Gasteiger partial charge in [-0.05, 0) is 18.2 Å². The maximum Gasteiger partial charge on any atom is 0.335 e. The van der Waals surface area contributed by atoms with Gasteiger partial charge in [-0.25, -0.2) is 4.79 Å². The van der Waals surface area contributed by atoms with E-state index >= 15 is 0 Å². The van der Waals surface area contributed by atoms with Crippen molar-refractivity contribution >= 4 is 23.5 Å². The van der Waals surface area contributed by atoms with E-state index in [9.17, 15) is 19.5 Å². The molecule has 0 spiro atoms. The summed E-state index contributed by atoms with van der Waals surface area (Å²) >= 11 is 0. The molecule has 0 aliphatic carbocycles. The Bertz CT molecular complexity index is 630. The number of ether oxygens (including phenoxy) is 1. The van der Waals surface area contributed by atoms with Crippen LogP contribution >= 0.6 is 0 Å². The molecule has 1 saturated heterocycles. The molecule has 23 heavy (non-hydrogen) atoms. The number of amides is 2. The van der Waals surface area contributed by atoms with Crippen LogP contribution in [0.5, 0.6) is 5.75 Å². The van der Waals surface area contributed by atoms with Gasteiger partial charge in [-0.15, -0.1) is 0 Å². The standard InChI is InChI=1S/C15H18N2O6/c1-23-5-4-17-8-10(7-13(17)19)14(20)16-11-3-2-9(15(21)22)6-12(11)18/h2-3,6,10,18H,4-5,7-8H2,1H3,(H,16,20)(H,21,22). The van der Waals surface area contributed by atoms with Gasteiger partial charge in [-0.1, -0.05) is 0 Å². The number of carboxylic acid groups (broad SMARTS) is 1. The minimum absolute atomic E-state index is 0.0812. The highest BCUT2D eigenvalue weighted by molar-refractivity contribution is 5.98. The third-order valence-electron chi connectivity index (χ3n) is 3.65. The number of carbonyl (C=O) groups excluding carboxylic acids is 2. The normalized spacial score (nSPS) is 17.3. The lowest BCUT2D eigenvalue weighted by atomic mass is 10.1. The Morgan fingerprint density at radius 2 is 2.17 bits per heavy atom. The van der Waals surface area contributed by atoms with E-state index in [1.165, 1.54) is 19.2 Å². The molecular weight excluding hydrogens is 304 g/mol. The lowest BCUT2D eigenvalue weighted by molar-refractivity contribution is -0.128. The van der Waals surface area contributed by atoms with Crippen LogP contribution in [-0.4, -0.2) is 59.7 Å². The SMILES string of the molecule is COCCN1CC(C(=O)Nc2ccc(C(=O)O)cc2O)CC1=O. The van der Waals surface area contributed by atoms with E-state index in [1.54, 1.807) is 4.90 Å². The van der Waals surface area contributed by atoms with Crippen molar-refractivity contribution in [3.8, 4) is 5.75 Å². The summed E-state index contributed by atoms with van der Waals surface area (Å²) in [5.41, 5.74) is 0.0325. The van der Waals surface area contributed by atoms with Crippen molar-refractivity contribution in [2.45, 2.75) is 6.42 Å². The predicted molar refractivity (Wildman–Crippen MR) is 80.3 cm³/mol. The number of benzene rings is 1. The third-order valence-corrected chi connectivity index (χ3v) is 3.65. The zero-order valence-electron chi connectivity index (χ0n) is 12.6. The molecule has 1 atom stereocenters. The molecule has 8 heteroatoms. The number of aromatic hydroxyl groups is 1. The highest BCUT2D eigenvalue weighted by atomic mass is 16.5. The maximum absolute atomic E-state index is 12.2. The lowest BCUT2D eigenvalue weighted by Crippen LogP contribution is -2.30. The first kappa shape index (κ1) is 16.8. The Kier molecular flexibility index (Phi) is 5.17. The Balaban J connectivity index is 2.00. The first-order chi connectivity index (χ1) is 10.9. The predicted octanol–water partition coefficient (Wildman–Crippen LogP) is 0.524. The van der Waals surface area contributed by atoms with Gasteiger partial charge >= 0.3 is 5.97 Å². The number of carboxylic acids is 1. The molecule has 0 bridgehead atoms. The third kappa shape index (κ3) is 3.98. The van der Waals surface area contributed by atoms with Gasteiger partial charge in [-0.3, -0.25) is 9.59 Å². The van der Waals surface area contributed by atoms with Crippen LogP contribution in [-0.2, 0) is 14.3 Å².